The SMILES string of the molecule is CC(C)(CO)CNCCc1cccc(Br)c1. The van der Waals surface area contributed by atoms with E-state index in [2.05, 4.69) is 53.3 Å². The van der Waals surface area contributed by atoms with E-state index in [1.165, 1.54) is 5.56 Å². The van der Waals surface area contributed by atoms with E-state index < -0.39 is 0 Å². The van der Waals surface area contributed by atoms with E-state index in [0.29, 0.717) is 0 Å². The van der Waals surface area contributed by atoms with Gasteiger partial charge in [-0.15, -0.1) is 0 Å². The van der Waals surface area contributed by atoms with E-state index >= 15 is 0 Å². The summed E-state index contributed by atoms with van der Waals surface area (Å²) in [5.41, 5.74) is 1.29. The maximum absolute atomic E-state index is 9.10. The van der Waals surface area contributed by atoms with Crippen LogP contribution in [-0.4, -0.2) is 24.8 Å². The van der Waals surface area contributed by atoms with Gasteiger partial charge in [0.05, 0.1) is 0 Å². The average molecular weight is 286 g/mol. The number of halogens is 1. The average Bonchev–Trinajstić information content (AvgIpc) is 2.25. The quantitative estimate of drug-likeness (QED) is 0.788. The molecular formula is C13H20BrNO. The largest absolute Gasteiger partial charge is 0.396 e. The molecule has 0 aromatic heterocycles. The fourth-order valence-electron chi connectivity index (χ4n) is 1.41. The lowest BCUT2D eigenvalue weighted by molar-refractivity contribution is 0.157. The highest BCUT2D eigenvalue weighted by molar-refractivity contribution is 9.10. The Hall–Kier alpha value is -0.380. The molecule has 0 fully saturated rings. The van der Waals surface area contributed by atoms with Crippen LogP contribution in [-0.2, 0) is 6.42 Å². The predicted octanol–water partition coefficient (Wildman–Crippen LogP) is 2.60. The lowest BCUT2D eigenvalue weighted by atomic mass is 9.95. The van der Waals surface area contributed by atoms with Crippen molar-refractivity contribution < 1.29 is 5.11 Å². The van der Waals surface area contributed by atoms with Gasteiger partial charge < -0.3 is 10.4 Å². The van der Waals surface area contributed by atoms with Crippen LogP contribution in [0.5, 0.6) is 0 Å². The number of benzene rings is 1. The predicted molar refractivity (Wildman–Crippen MR) is 71.6 cm³/mol. The summed E-state index contributed by atoms with van der Waals surface area (Å²) in [5.74, 6) is 0. The van der Waals surface area contributed by atoms with Crippen molar-refractivity contribution in [2.45, 2.75) is 20.3 Å². The first-order valence-electron chi connectivity index (χ1n) is 5.59. The molecule has 0 bridgehead atoms. The Morgan fingerprint density at radius 2 is 2.12 bits per heavy atom. The molecule has 1 rings (SSSR count). The summed E-state index contributed by atoms with van der Waals surface area (Å²) in [7, 11) is 0. The Bertz CT molecular complexity index is 325. The summed E-state index contributed by atoms with van der Waals surface area (Å²) in [6, 6.07) is 8.35. The Kier molecular flexibility index (Phi) is 5.46. The third-order valence-corrected chi connectivity index (χ3v) is 3.00. The number of aliphatic hydroxyl groups is 1. The molecule has 0 spiro atoms. The topological polar surface area (TPSA) is 32.3 Å². The molecule has 0 atom stereocenters. The van der Waals surface area contributed by atoms with Crippen molar-refractivity contribution in [3.05, 3.63) is 34.3 Å². The maximum Gasteiger partial charge on any atom is 0.0494 e. The minimum absolute atomic E-state index is 0.0305. The molecule has 0 saturated heterocycles. The Morgan fingerprint density at radius 3 is 2.75 bits per heavy atom. The molecule has 3 heteroatoms. The molecule has 1 aromatic rings. The van der Waals surface area contributed by atoms with Gasteiger partial charge in [-0.25, -0.2) is 0 Å². The van der Waals surface area contributed by atoms with E-state index in [1.54, 1.807) is 0 Å². The van der Waals surface area contributed by atoms with Crippen LogP contribution >= 0.6 is 15.9 Å². The van der Waals surface area contributed by atoms with Gasteiger partial charge in [0.25, 0.3) is 0 Å². The lowest BCUT2D eigenvalue weighted by Crippen LogP contribution is -2.33. The summed E-state index contributed by atoms with van der Waals surface area (Å²) in [6.45, 7) is 6.12. The van der Waals surface area contributed by atoms with Crippen LogP contribution in [0.1, 0.15) is 19.4 Å². The van der Waals surface area contributed by atoms with Gasteiger partial charge in [0.2, 0.25) is 0 Å². The zero-order valence-corrected chi connectivity index (χ0v) is 11.5. The fraction of sp³-hybridized carbons (Fsp3) is 0.538. The molecule has 2 N–H and O–H groups in total. The molecule has 16 heavy (non-hydrogen) atoms. The Morgan fingerprint density at radius 1 is 1.38 bits per heavy atom. The van der Waals surface area contributed by atoms with E-state index in [0.717, 1.165) is 24.0 Å². The van der Waals surface area contributed by atoms with Crippen molar-refractivity contribution in [1.29, 1.82) is 0 Å². The molecule has 0 amide bonds. The first-order chi connectivity index (χ1) is 7.53. The summed E-state index contributed by atoms with van der Waals surface area (Å²) in [6.07, 6.45) is 1.01. The number of hydrogen-bond donors (Lipinski definition) is 2. The van der Waals surface area contributed by atoms with Crippen LogP contribution in [0, 0.1) is 5.41 Å². The second kappa shape index (κ2) is 6.38. The monoisotopic (exact) mass is 285 g/mol. The molecule has 90 valence electrons. The van der Waals surface area contributed by atoms with Gasteiger partial charge in [-0.05, 0) is 30.7 Å². The number of rotatable bonds is 6. The number of aliphatic hydroxyl groups excluding tert-OH is 1. The van der Waals surface area contributed by atoms with Gasteiger partial charge in [0, 0.05) is 23.0 Å². The van der Waals surface area contributed by atoms with Gasteiger partial charge in [0.1, 0.15) is 0 Å². The highest BCUT2D eigenvalue weighted by Gasteiger charge is 2.14. The van der Waals surface area contributed by atoms with Crippen LogP contribution in [0.2, 0.25) is 0 Å². The summed E-state index contributed by atoms with van der Waals surface area (Å²) < 4.78 is 1.13. The lowest BCUT2D eigenvalue weighted by Gasteiger charge is -2.21. The molecule has 0 radical (unpaired) electrons. The number of nitrogens with one attached hydrogen (secondary N) is 1. The van der Waals surface area contributed by atoms with Crippen molar-refractivity contribution in [3.63, 3.8) is 0 Å². The van der Waals surface area contributed by atoms with Gasteiger partial charge in [-0.1, -0.05) is 41.9 Å². The minimum atomic E-state index is -0.0305. The van der Waals surface area contributed by atoms with E-state index in [-0.39, 0.29) is 12.0 Å². The van der Waals surface area contributed by atoms with Crippen LogP contribution in [0.15, 0.2) is 28.7 Å². The fourth-order valence-corrected chi connectivity index (χ4v) is 1.85. The minimum Gasteiger partial charge on any atom is -0.396 e. The van der Waals surface area contributed by atoms with Crippen molar-refractivity contribution >= 4 is 15.9 Å². The zero-order valence-electron chi connectivity index (χ0n) is 9.96. The van der Waals surface area contributed by atoms with Gasteiger partial charge in [0.15, 0.2) is 0 Å². The van der Waals surface area contributed by atoms with Gasteiger partial charge >= 0.3 is 0 Å². The normalized spacial score (nSPS) is 11.8. The number of hydrogen-bond acceptors (Lipinski definition) is 2. The maximum atomic E-state index is 9.10. The van der Waals surface area contributed by atoms with Crippen LogP contribution in [0.3, 0.4) is 0 Å². The van der Waals surface area contributed by atoms with E-state index in [9.17, 15) is 0 Å². The Balaban J connectivity index is 2.26. The van der Waals surface area contributed by atoms with Crippen LogP contribution < -0.4 is 5.32 Å². The first-order valence-corrected chi connectivity index (χ1v) is 6.39. The van der Waals surface area contributed by atoms with Crippen LogP contribution in [0.4, 0.5) is 0 Å². The second-order valence-electron chi connectivity index (χ2n) is 4.88. The van der Waals surface area contributed by atoms with Crippen molar-refractivity contribution in [3.8, 4) is 0 Å². The molecule has 2 nitrogen and oxygen atoms in total. The van der Waals surface area contributed by atoms with Crippen molar-refractivity contribution in [1.82, 2.24) is 5.32 Å². The molecule has 0 aliphatic carbocycles. The third-order valence-electron chi connectivity index (χ3n) is 2.51. The van der Waals surface area contributed by atoms with E-state index in [4.69, 9.17) is 5.11 Å². The summed E-state index contributed by atoms with van der Waals surface area (Å²) >= 11 is 3.46. The molecule has 0 unspecified atom stereocenters. The highest BCUT2D eigenvalue weighted by Crippen LogP contribution is 2.13. The second-order valence-corrected chi connectivity index (χ2v) is 5.79. The summed E-state index contributed by atoms with van der Waals surface area (Å²) in [4.78, 5) is 0. The van der Waals surface area contributed by atoms with Gasteiger partial charge in [-0.2, -0.15) is 0 Å². The molecular weight excluding hydrogens is 266 g/mol. The molecule has 0 aliphatic rings. The summed E-state index contributed by atoms with van der Waals surface area (Å²) in [5, 5.41) is 12.5. The molecule has 0 heterocycles. The van der Waals surface area contributed by atoms with Gasteiger partial charge in [-0.3, -0.25) is 0 Å². The van der Waals surface area contributed by atoms with Crippen LogP contribution in [0.25, 0.3) is 0 Å². The zero-order chi connectivity index (χ0) is 12.0. The molecule has 0 aliphatic heterocycles. The Labute approximate surface area is 106 Å². The highest BCUT2D eigenvalue weighted by atomic mass is 79.9. The smallest absolute Gasteiger partial charge is 0.0494 e. The first kappa shape index (κ1) is 13.7. The standard InChI is InChI=1S/C13H20BrNO/c1-13(2,10-16)9-15-7-6-11-4-3-5-12(14)8-11/h3-5,8,15-16H,6-7,9-10H2,1-2H3. The molecule has 1 aromatic carbocycles. The van der Waals surface area contributed by atoms with Crippen molar-refractivity contribution in [2.24, 2.45) is 5.41 Å². The molecule has 0 saturated carbocycles. The van der Waals surface area contributed by atoms with E-state index in [1.807, 2.05) is 6.07 Å². The third kappa shape index (κ3) is 5.10. The van der Waals surface area contributed by atoms with Crippen molar-refractivity contribution in [2.75, 3.05) is 19.7 Å².